The Morgan fingerprint density at radius 3 is 2.95 bits per heavy atom. The van der Waals surface area contributed by atoms with Crippen molar-refractivity contribution >= 4 is 5.82 Å². The molecule has 2 N–H and O–H groups in total. The van der Waals surface area contributed by atoms with Crippen LogP contribution < -0.4 is 5.32 Å². The number of imidazole rings is 1. The van der Waals surface area contributed by atoms with E-state index in [9.17, 15) is 4.39 Å². The van der Waals surface area contributed by atoms with E-state index >= 15 is 0 Å². The lowest BCUT2D eigenvalue weighted by Gasteiger charge is -2.07. The minimum atomic E-state index is -0.369. The minimum Gasteiger partial charge on any atom is -0.360 e. The molecule has 3 rings (SSSR count). The summed E-state index contributed by atoms with van der Waals surface area (Å²) >= 11 is 0. The lowest BCUT2D eigenvalue weighted by Crippen LogP contribution is -2.07. The van der Waals surface area contributed by atoms with Crippen LogP contribution in [0.15, 0.2) is 6.33 Å². The van der Waals surface area contributed by atoms with E-state index in [2.05, 4.69) is 25.3 Å². The Morgan fingerprint density at radius 1 is 1.30 bits per heavy atom. The summed E-state index contributed by atoms with van der Waals surface area (Å²) < 4.78 is 14.0. The number of hydrogen-bond donors (Lipinski definition) is 2. The van der Waals surface area contributed by atoms with Gasteiger partial charge in [0.1, 0.15) is 12.2 Å². The number of H-pyrrole nitrogens is 1. The number of aromatic nitrogens is 4. The number of nitrogens with one attached hydrogen (secondary N) is 2. The van der Waals surface area contributed by atoms with E-state index in [1.807, 2.05) is 6.92 Å². The van der Waals surface area contributed by atoms with E-state index in [4.69, 9.17) is 0 Å². The summed E-state index contributed by atoms with van der Waals surface area (Å²) in [5, 5.41) is 2.99. The summed E-state index contributed by atoms with van der Waals surface area (Å²) in [6.45, 7) is 2.32. The molecule has 2 aromatic heterocycles. The Labute approximate surface area is 117 Å². The molecule has 0 radical (unpaired) electrons. The van der Waals surface area contributed by atoms with Crippen LogP contribution in [0, 0.1) is 5.82 Å². The molecule has 6 heteroatoms. The number of aryl methyl sites for hydroxylation is 3. The number of anilines is 1. The van der Waals surface area contributed by atoms with E-state index in [0.29, 0.717) is 18.7 Å². The van der Waals surface area contributed by atoms with Gasteiger partial charge in [0.05, 0.1) is 17.9 Å². The summed E-state index contributed by atoms with van der Waals surface area (Å²) in [5.74, 6) is 0.713. The molecule has 2 aromatic rings. The predicted octanol–water partition coefficient (Wildman–Crippen LogP) is 2.39. The van der Waals surface area contributed by atoms with Gasteiger partial charge in [0.15, 0.2) is 11.6 Å². The summed E-state index contributed by atoms with van der Waals surface area (Å²) in [5.41, 5.74) is 2.82. The molecule has 2 heterocycles. The van der Waals surface area contributed by atoms with Crippen LogP contribution >= 0.6 is 0 Å². The monoisotopic (exact) mass is 275 g/mol. The van der Waals surface area contributed by atoms with Crippen molar-refractivity contribution in [3.63, 3.8) is 0 Å². The molecule has 20 heavy (non-hydrogen) atoms. The normalized spacial score (nSPS) is 14.1. The molecule has 0 saturated heterocycles. The molecular weight excluding hydrogens is 257 g/mol. The van der Waals surface area contributed by atoms with Crippen LogP contribution in [0.2, 0.25) is 0 Å². The van der Waals surface area contributed by atoms with Crippen molar-refractivity contribution in [1.82, 2.24) is 19.9 Å². The Morgan fingerprint density at radius 2 is 2.15 bits per heavy atom. The third kappa shape index (κ3) is 2.50. The van der Waals surface area contributed by atoms with Gasteiger partial charge in [0.2, 0.25) is 0 Å². The van der Waals surface area contributed by atoms with E-state index in [1.165, 1.54) is 24.9 Å². The Bertz CT molecular complexity index is 584. The molecule has 0 fully saturated rings. The zero-order valence-corrected chi connectivity index (χ0v) is 11.5. The zero-order valence-electron chi connectivity index (χ0n) is 11.5. The first-order valence-corrected chi connectivity index (χ1v) is 7.07. The van der Waals surface area contributed by atoms with Gasteiger partial charge < -0.3 is 10.3 Å². The van der Waals surface area contributed by atoms with Crippen LogP contribution in [0.5, 0.6) is 0 Å². The highest BCUT2D eigenvalue weighted by atomic mass is 19.1. The maximum Gasteiger partial charge on any atom is 0.186 e. The van der Waals surface area contributed by atoms with Crippen LogP contribution in [0.3, 0.4) is 0 Å². The standard InChI is InChI=1S/C14H18FN5/c1-2-9-13(15)14(18-8-17-9)16-7-12-19-10-5-3-4-6-11(10)20-12/h8H,2-7H2,1H3,(H,19,20)(H,16,17,18). The lowest BCUT2D eigenvalue weighted by atomic mass is 10.0. The van der Waals surface area contributed by atoms with Crippen LogP contribution in [0.1, 0.15) is 42.7 Å². The molecule has 5 nitrogen and oxygen atoms in total. The van der Waals surface area contributed by atoms with E-state index in [-0.39, 0.29) is 11.6 Å². The Kier molecular flexibility index (Phi) is 3.62. The fourth-order valence-electron chi connectivity index (χ4n) is 2.54. The van der Waals surface area contributed by atoms with Gasteiger partial charge in [-0.1, -0.05) is 6.92 Å². The van der Waals surface area contributed by atoms with Crippen LogP contribution in [0.25, 0.3) is 0 Å². The molecule has 0 spiro atoms. The third-order valence-electron chi connectivity index (χ3n) is 3.62. The highest BCUT2D eigenvalue weighted by Crippen LogP contribution is 2.19. The number of aromatic amines is 1. The molecule has 0 saturated carbocycles. The SMILES string of the molecule is CCc1ncnc(NCc2nc3c([nH]2)CCCC3)c1F. The summed E-state index contributed by atoms with van der Waals surface area (Å²) in [6, 6.07) is 0. The molecule has 0 bridgehead atoms. The molecule has 0 amide bonds. The van der Waals surface area contributed by atoms with Crippen molar-refractivity contribution in [2.75, 3.05) is 5.32 Å². The molecule has 0 aromatic carbocycles. The molecular formula is C14H18FN5. The summed E-state index contributed by atoms with van der Waals surface area (Å²) in [7, 11) is 0. The Balaban J connectivity index is 1.72. The predicted molar refractivity (Wildman–Crippen MR) is 73.9 cm³/mol. The highest BCUT2D eigenvalue weighted by Gasteiger charge is 2.15. The number of hydrogen-bond acceptors (Lipinski definition) is 4. The van der Waals surface area contributed by atoms with Crippen molar-refractivity contribution in [3.8, 4) is 0 Å². The quantitative estimate of drug-likeness (QED) is 0.899. The van der Waals surface area contributed by atoms with Crippen LogP contribution in [0.4, 0.5) is 10.2 Å². The topological polar surface area (TPSA) is 66.5 Å². The number of halogens is 1. The highest BCUT2D eigenvalue weighted by molar-refractivity contribution is 5.37. The van der Waals surface area contributed by atoms with Gasteiger partial charge in [0, 0.05) is 5.69 Å². The molecule has 0 aliphatic heterocycles. The molecule has 1 aliphatic carbocycles. The number of fused-ring (bicyclic) bond motifs is 1. The van der Waals surface area contributed by atoms with Crippen molar-refractivity contribution in [2.45, 2.75) is 45.6 Å². The van der Waals surface area contributed by atoms with Gasteiger partial charge in [-0.2, -0.15) is 0 Å². The second-order valence-corrected chi connectivity index (χ2v) is 5.01. The fourth-order valence-corrected chi connectivity index (χ4v) is 2.54. The maximum atomic E-state index is 14.0. The maximum absolute atomic E-state index is 14.0. The summed E-state index contributed by atoms with van der Waals surface area (Å²) in [4.78, 5) is 15.7. The molecule has 0 atom stereocenters. The van der Waals surface area contributed by atoms with Gasteiger partial charge >= 0.3 is 0 Å². The van der Waals surface area contributed by atoms with Crippen molar-refractivity contribution < 1.29 is 4.39 Å². The van der Waals surface area contributed by atoms with E-state index in [0.717, 1.165) is 24.4 Å². The average Bonchev–Trinajstić information content (AvgIpc) is 2.89. The van der Waals surface area contributed by atoms with Gasteiger partial charge in [-0.15, -0.1) is 0 Å². The van der Waals surface area contributed by atoms with E-state index < -0.39 is 0 Å². The summed E-state index contributed by atoms with van der Waals surface area (Å²) in [6.07, 6.45) is 6.45. The second-order valence-electron chi connectivity index (χ2n) is 5.01. The third-order valence-corrected chi connectivity index (χ3v) is 3.62. The van der Waals surface area contributed by atoms with Gasteiger partial charge in [-0.25, -0.2) is 19.3 Å². The number of nitrogens with zero attached hydrogens (tertiary/aromatic N) is 3. The minimum absolute atomic E-state index is 0.242. The van der Waals surface area contributed by atoms with Gasteiger partial charge in [-0.05, 0) is 32.1 Å². The van der Waals surface area contributed by atoms with Crippen LogP contribution in [-0.2, 0) is 25.8 Å². The average molecular weight is 275 g/mol. The first-order chi connectivity index (χ1) is 9.78. The number of rotatable bonds is 4. The molecule has 1 aliphatic rings. The first kappa shape index (κ1) is 13.0. The zero-order chi connectivity index (χ0) is 13.9. The van der Waals surface area contributed by atoms with Crippen molar-refractivity contribution in [1.29, 1.82) is 0 Å². The molecule has 0 unspecified atom stereocenters. The Hall–Kier alpha value is -1.98. The smallest absolute Gasteiger partial charge is 0.186 e. The van der Waals surface area contributed by atoms with E-state index in [1.54, 1.807) is 0 Å². The lowest BCUT2D eigenvalue weighted by molar-refractivity contribution is 0.596. The molecule has 106 valence electrons. The first-order valence-electron chi connectivity index (χ1n) is 7.07. The second kappa shape index (κ2) is 5.56. The van der Waals surface area contributed by atoms with Crippen molar-refractivity contribution in [3.05, 3.63) is 35.1 Å². The van der Waals surface area contributed by atoms with Crippen LogP contribution in [-0.4, -0.2) is 19.9 Å². The van der Waals surface area contributed by atoms with Crippen molar-refractivity contribution in [2.24, 2.45) is 0 Å². The van der Waals surface area contributed by atoms with Gasteiger partial charge in [0.25, 0.3) is 0 Å². The largest absolute Gasteiger partial charge is 0.360 e. The van der Waals surface area contributed by atoms with Gasteiger partial charge in [-0.3, -0.25) is 0 Å². The fraction of sp³-hybridized carbons (Fsp3) is 0.500.